The number of nitrogens with zero attached hydrogens (tertiary/aromatic N) is 1. The van der Waals surface area contributed by atoms with E-state index in [0.717, 1.165) is 5.56 Å². The van der Waals surface area contributed by atoms with Gasteiger partial charge in [0.1, 0.15) is 0 Å². The summed E-state index contributed by atoms with van der Waals surface area (Å²) in [7, 11) is 4.64. The van der Waals surface area contributed by atoms with E-state index in [1.807, 2.05) is 26.0 Å². The van der Waals surface area contributed by atoms with Crippen LogP contribution in [0.25, 0.3) is 0 Å². The van der Waals surface area contributed by atoms with Gasteiger partial charge in [-0.3, -0.25) is 9.59 Å². The predicted molar refractivity (Wildman–Crippen MR) is 123 cm³/mol. The minimum atomic E-state index is -0.420. The lowest BCUT2D eigenvalue weighted by atomic mass is 9.87. The number of nitrogens with one attached hydrogen (secondary N) is 1. The van der Waals surface area contributed by atoms with Gasteiger partial charge in [-0.2, -0.15) is 0 Å². The van der Waals surface area contributed by atoms with Crippen molar-refractivity contribution in [3.8, 4) is 17.2 Å². The van der Waals surface area contributed by atoms with Crippen LogP contribution in [0, 0.1) is 5.92 Å². The largest absolute Gasteiger partial charge is 0.493 e. The molecule has 1 saturated heterocycles. The monoisotopic (exact) mass is 460 g/mol. The molecule has 0 radical (unpaired) electrons. The molecule has 2 amide bonds. The Labute approximate surface area is 193 Å². The van der Waals surface area contributed by atoms with Gasteiger partial charge in [0.25, 0.3) is 5.91 Å². The highest BCUT2D eigenvalue weighted by molar-refractivity contribution is 6.30. The SMILES string of the molecule is COc1cc(C2CN(C(=O)c3ccc(Cl)cc3)CC2C(=O)NC(C)C)cc(OC)c1OC. The first-order valence-electron chi connectivity index (χ1n) is 10.4. The van der Waals surface area contributed by atoms with Gasteiger partial charge >= 0.3 is 0 Å². The number of carbonyl (C=O) groups is 2. The molecule has 1 aliphatic rings. The maximum atomic E-state index is 13.2. The van der Waals surface area contributed by atoms with Crippen LogP contribution in [0.1, 0.15) is 35.7 Å². The van der Waals surface area contributed by atoms with Crippen molar-refractivity contribution in [3.05, 3.63) is 52.5 Å². The Morgan fingerprint density at radius 2 is 1.59 bits per heavy atom. The molecule has 1 N–H and O–H groups in total. The molecular weight excluding hydrogens is 432 g/mol. The fourth-order valence-electron chi connectivity index (χ4n) is 4.06. The Morgan fingerprint density at radius 1 is 1.00 bits per heavy atom. The van der Waals surface area contributed by atoms with E-state index in [9.17, 15) is 9.59 Å². The van der Waals surface area contributed by atoms with E-state index in [1.54, 1.807) is 50.5 Å². The van der Waals surface area contributed by atoms with Crippen LogP contribution in [0.5, 0.6) is 17.2 Å². The maximum Gasteiger partial charge on any atom is 0.253 e. The highest BCUT2D eigenvalue weighted by Gasteiger charge is 2.41. The number of benzene rings is 2. The number of carbonyl (C=O) groups excluding carboxylic acids is 2. The van der Waals surface area contributed by atoms with E-state index >= 15 is 0 Å². The third kappa shape index (κ3) is 4.93. The Morgan fingerprint density at radius 3 is 2.09 bits per heavy atom. The summed E-state index contributed by atoms with van der Waals surface area (Å²) in [6.07, 6.45) is 0. The Hall–Kier alpha value is -2.93. The average Bonchev–Trinajstić information content (AvgIpc) is 3.23. The molecule has 0 aromatic heterocycles. The summed E-state index contributed by atoms with van der Waals surface area (Å²) in [6.45, 7) is 4.52. The third-order valence-electron chi connectivity index (χ3n) is 5.58. The third-order valence-corrected chi connectivity index (χ3v) is 5.83. The van der Waals surface area contributed by atoms with Gasteiger partial charge in [-0.1, -0.05) is 11.6 Å². The molecule has 2 atom stereocenters. The first-order valence-corrected chi connectivity index (χ1v) is 10.8. The average molecular weight is 461 g/mol. The summed E-state index contributed by atoms with van der Waals surface area (Å²) in [5, 5.41) is 3.55. The fourth-order valence-corrected chi connectivity index (χ4v) is 4.18. The zero-order valence-electron chi connectivity index (χ0n) is 19.0. The highest BCUT2D eigenvalue weighted by Crippen LogP contribution is 2.43. The molecule has 1 fully saturated rings. The number of halogens is 1. The van der Waals surface area contributed by atoms with Crippen LogP contribution in [0.3, 0.4) is 0 Å². The first kappa shape index (κ1) is 23.7. The lowest BCUT2D eigenvalue weighted by molar-refractivity contribution is -0.125. The van der Waals surface area contributed by atoms with Crippen molar-refractivity contribution in [2.24, 2.45) is 5.92 Å². The number of hydrogen-bond acceptors (Lipinski definition) is 5. The minimum absolute atomic E-state index is 0.0101. The zero-order chi connectivity index (χ0) is 23.4. The molecule has 0 saturated carbocycles. The van der Waals surface area contributed by atoms with Crippen molar-refractivity contribution in [2.75, 3.05) is 34.4 Å². The molecular formula is C24H29ClN2O5. The minimum Gasteiger partial charge on any atom is -0.493 e. The van der Waals surface area contributed by atoms with E-state index in [2.05, 4.69) is 5.32 Å². The second-order valence-electron chi connectivity index (χ2n) is 8.05. The zero-order valence-corrected chi connectivity index (χ0v) is 19.7. The molecule has 2 aromatic rings. The van der Waals surface area contributed by atoms with E-state index in [0.29, 0.717) is 40.9 Å². The van der Waals surface area contributed by atoms with E-state index in [-0.39, 0.29) is 23.8 Å². The summed E-state index contributed by atoms with van der Waals surface area (Å²) in [4.78, 5) is 27.9. The van der Waals surface area contributed by atoms with Crippen molar-refractivity contribution in [1.29, 1.82) is 0 Å². The maximum absolute atomic E-state index is 13.2. The predicted octanol–water partition coefficient (Wildman–Crippen LogP) is 3.75. The molecule has 7 nitrogen and oxygen atoms in total. The lowest BCUT2D eigenvalue weighted by Gasteiger charge is -2.21. The molecule has 0 bridgehead atoms. The van der Waals surface area contributed by atoms with Crippen LogP contribution in [0.4, 0.5) is 0 Å². The van der Waals surface area contributed by atoms with Crippen LogP contribution in [-0.2, 0) is 4.79 Å². The summed E-state index contributed by atoms with van der Waals surface area (Å²) in [5.74, 6) is 0.605. The van der Waals surface area contributed by atoms with Gasteiger partial charge in [-0.15, -0.1) is 0 Å². The van der Waals surface area contributed by atoms with Gasteiger partial charge in [-0.05, 0) is 55.8 Å². The number of methoxy groups -OCH3 is 3. The number of hydrogen-bond donors (Lipinski definition) is 1. The fraction of sp³-hybridized carbons (Fsp3) is 0.417. The number of likely N-dealkylation sites (tertiary alicyclic amines) is 1. The van der Waals surface area contributed by atoms with Crippen LogP contribution < -0.4 is 19.5 Å². The van der Waals surface area contributed by atoms with Gasteiger partial charge in [0.15, 0.2) is 11.5 Å². The van der Waals surface area contributed by atoms with Gasteiger partial charge in [0.2, 0.25) is 11.7 Å². The quantitative estimate of drug-likeness (QED) is 0.681. The van der Waals surface area contributed by atoms with Gasteiger partial charge in [0.05, 0.1) is 27.2 Å². The van der Waals surface area contributed by atoms with Crippen LogP contribution in [0.15, 0.2) is 36.4 Å². The molecule has 1 heterocycles. The van der Waals surface area contributed by atoms with Crippen LogP contribution >= 0.6 is 11.6 Å². The lowest BCUT2D eigenvalue weighted by Crippen LogP contribution is -2.39. The number of amides is 2. The normalized spacial score (nSPS) is 17.9. The van der Waals surface area contributed by atoms with Crippen molar-refractivity contribution < 1.29 is 23.8 Å². The summed E-state index contributed by atoms with van der Waals surface area (Å²) < 4.78 is 16.4. The molecule has 3 rings (SSSR count). The standard InChI is InChI=1S/C24H29ClN2O5/c1-14(2)26-23(28)19-13-27(24(29)15-6-8-17(25)9-7-15)12-18(19)16-10-20(30-3)22(32-5)21(11-16)31-4/h6-11,14,18-19H,12-13H2,1-5H3,(H,26,28). The number of ether oxygens (including phenoxy) is 3. The summed E-state index contributed by atoms with van der Waals surface area (Å²) >= 11 is 5.96. The molecule has 2 aromatic carbocycles. The highest BCUT2D eigenvalue weighted by atomic mass is 35.5. The second-order valence-corrected chi connectivity index (χ2v) is 8.49. The van der Waals surface area contributed by atoms with Crippen molar-refractivity contribution in [3.63, 3.8) is 0 Å². The molecule has 172 valence electrons. The molecule has 0 aliphatic carbocycles. The van der Waals surface area contributed by atoms with E-state index < -0.39 is 5.92 Å². The second kappa shape index (κ2) is 10.1. The Balaban J connectivity index is 1.98. The molecule has 8 heteroatoms. The summed E-state index contributed by atoms with van der Waals surface area (Å²) in [6, 6.07) is 10.4. The van der Waals surface area contributed by atoms with Crippen LogP contribution in [0.2, 0.25) is 5.02 Å². The van der Waals surface area contributed by atoms with Crippen LogP contribution in [-0.4, -0.2) is 57.2 Å². The molecule has 0 spiro atoms. The van der Waals surface area contributed by atoms with Gasteiger partial charge < -0.3 is 24.4 Å². The van der Waals surface area contributed by atoms with Crippen molar-refractivity contribution in [1.82, 2.24) is 10.2 Å². The van der Waals surface area contributed by atoms with Crippen molar-refractivity contribution >= 4 is 23.4 Å². The topological polar surface area (TPSA) is 77.1 Å². The molecule has 32 heavy (non-hydrogen) atoms. The first-order chi connectivity index (χ1) is 15.3. The Kier molecular flexibility index (Phi) is 7.51. The van der Waals surface area contributed by atoms with Crippen molar-refractivity contribution in [2.45, 2.75) is 25.8 Å². The molecule has 1 aliphatic heterocycles. The van der Waals surface area contributed by atoms with Gasteiger partial charge in [0, 0.05) is 35.6 Å². The Bertz CT molecular complexity index is 952. The molecule has 2 unspecified atom stereocenters. The van der Waals surface area contributed by atoms with E-state index in [1.165, 1.54) is 0 Å². The smallest absolute Gasteiger partial charge is 0.253 e. The summed E-state index contributed by atoms with van der Waals surface area (Å²) in [5.41, 5.74) is 1.37. The van der Waals surface area contributed by atoms with E-state index in [4.69, 9.17) is 25.8 Å². The van der Waals surface area contributed by atoms with Gasteiger partial charge in [-0.25, -0.2) is 0 Å². The number of rotatable bonds is 7.